The van der Waals surface area contributed by atoms with Gasteiger partial charge in [0.2, 0.25) is 0 Å². The van der Waals surface area contributed by atoms with Crippen molar-refractivity contribution in [3.8, 4) is 0 Å². The van der Waals surface area contributed by atoms with E-state index < -0.39 is 5.97 Å². The third kappa shape index (κ3) is 8.82. The van der Waals surface area contributed by atoms with Crippen LogP contribution in [0, 0.1) is 0 Å². The number of esters is 1. The average molecular weight is 378 g/mol. The van der Waals surface area contributed by atoms with E-state index in [1.165, 1.54) is 7.11 Å². The maximum Gasteiger partial charge on any atom is 0.305 e. The summed E-state index contributed by atoms with van der Waals surface area (Å²) < 4.78 is 4.59. The van der Waals surface area contributed by atoms with Gasteiger partial charge in [0.15, 0.2) is 0 Å². The van der Waals surface area contributed by atoms with E-state index in [2.05, 4.69) is 20.2 Å². The molecule has 0 aliphatic heterocycles. The summed E-state index contributed by atoms with van der Waals surface area (Å²) in [7, 11) is 1.29. The molecule has 148 valence electrons. The molecule has 1 aromatic rings. The molecule has 3 N–H and O–H groups in total. The summed E-state index contributed by atoms with van der Waals surface area (Å²) in [5.41, 5.74) is 2.29. The van der Waals surface area contributed by atoms with Crippen molar-refractivity contribution in [2.75, 3.05) is 26.7 Å². The van der Waals surface area contributed by atoms with E-state index in [1.54, 1.807) is 11.8 Å². The molecule has 9 heteroatoms. The molecule has 0 saturated carbocycles. The van der Waals surface area contributed by atoms with Gasteiger partial charge in [-0.25, -0.2) is 0 Å². The number of hydrogen-bond donors (Lipinski definition) is 3. The van der Waals surface area contributed by atoms with Crippen molar-refractivity contribution in [2.45, 2.75) is 26.2 Å². The van der Waals surface area contributed by atoms with Crippen molar-refractivity contribution in [1.29, 1.82) is 0 Å². The van der Waals surface area contributed by atoms with E-state index in [0.717, 1.165) is 5.56 Å². The minimum absolute atomic E-state index is 0.0851. The lowest BCUT2D eigenvalue weighted by atomic mass is 10.1. The molecule has 0 bridgehead atoms. The third-order valence-corrected chi connectivity index (χ3v) is 3.81. The van der Waals surface area contributed by atoms with Crippen LogP contribution in [0.1, 0.15) is 25.3 Å². The summed E-state index contributed by atoms with van der Waals surface area (Å²) in [6, 6.07) is 9.54. The fourth-order valence-corrected chi connectivity index (χ4v) is 2.50. The zero-order valence-electron chi connectivity index (χ0n) is 15.6. The van der Waals surface area contributed by atoms with Gasteiger partial charge in [0.25, 0.3) is 0 Å². The number of carbonyl (C=O) groups excluding carboxylic acids is 1. The average Bonchev–Trinajstić information content (AvgIpc) is 2.70. The SMILES string of the molecule is COC(=O)CC/C(CN(C/C(C)=N\O)C/C(Cc1ccccc1)=N\O)=N/O. The van der Waals surface area contributed by atoms with Crippen LogP contribution in [0.15, 0.2) is 45.8 Å². The Hall–Kier alpha value is -2.94. The highest BCUT2D eigenvalue weighted by molar-refractivity contribution is 5.92. The van der Waals surface area contributed by atoms with Crippen LogP contribution in [0.25, 0.3) is 0 Å². The molecular formula is C18H26N4O5. The van der Waals surface area contributed by atoms with Crippen molar-refractivity contribution in [2.24, 2.45) is 15.5 Å². The second-order valence-electron chi connectivity index (χ2n) is 6.05. The molecular weight excluding hydrogens is 352 g/mol. The minimum Gasteiger partial charge on any atom is -0.469 e. The maximum atomic E-state index is 11.3. The van der Waals surface area contributed by atoms with Crippen LogP contribution < -0.4 is 0 Å². The van der Waals surface area contributed by atoms with E-state index in [-0.39, 0.29) is 32.5 Å². The summed E-state index contributed by atoms with van der Waals surface area (Å²) in [5.74, 6) is -0.405. The fraction of sp³-hybridized carbons (Fsp3) is 0.444. The number of carbonyl (C=O) groups is 1. The van der Waals surface area contributed by atoms with E-state index in [4.69, 9.17) is 5.21 Å². The number of oxime groups is 3. The number of benzene rings is 1. The van der Waals surface area contributed by atoms with E-state index in [1.807, 2.05) is 30.3 Å². The van der Waals surface area contributed by atoms with Gasteiger partial charge in [-0.05, 0) is 12.5 Å². The molecule has 0 aromatic heterocycles. The predicted octanol–water partition coefficient (Wildman–Crippen LogP) is 1.99. The molecule has 0 spiro atoms. The van der Waals surface area contributed by atoms with Crippen molar-refractivity contribution >= 4 is 23.1 Å². The maximum absolute atomic E-state index is 11.3. The van der Waals surface area contributed by atoms with E-state index in [9.17, 15) is 15.2 Å². The minimum atomic E-state index is -0.405. The molecule has 0 aliphatic carbocycles. The van der Waals surface area contributed by atoms with Gasteiger partial charge in [0.05, 0.1) is 30.7 Å². The largest absolute Gasteiger partial charge is 0.469 e. The van der Waals surface area contributed by atoms with Crippen molar-refractivity contribution in [3.05, 3.63) is 35.9 Å². The molecule has 0 fully saturated rings. The predicted molar refractivity (Wildman–Crippen MR) is 101 cm³/mol. The normalized spacial score (nSPS) is 13.1. The lowest BCUT2D eigenvalue weighted by Gasteiger charge is -2.22. The number of hydrogen-bond acceptors (Lipinski definition) is 9. The highest BCUT2D eigenvalue weighted by Crippen LogP contribution is 2.05. The van der Waals surface area contributed by atoms with Crippen LogP contribution in [0.5, 0.6) is 0 Å². The highest BCUT2D eigenvalue weighted by Gasteiger charge is 2.16. The van der Waals surface area contributed by atoms with E-state index in [0.29, 0.717) is 23.6 Å². The van der Waals surface area contributed by atoms with Gasteiger partial charge in [-0.2, -0.15) is 0 Å². The molecule has 27 heavy (non-hydrogen) atoms. The second-order valence-corrected chi connectivity index (χ2v) is 6.05. The molecule has 1 rings (SSSR count). The number of ether oxygens (including phenoxy) is 1. The lowest BCUT2D eigenvalue weighted by Crippen LogP contribution is -2.38. The Morgan fingerprint density at radius 3 is 2.15 bits per heavy atom. The Balaban J connectivity index is 2.81. The number of rotatable bonds is 11. The number of methoxy groups -OCH3 is 1. The quantitative estimate of drug-likeness (QED) is 0.234. The summed E-state index contributed by atoms with van der Waals surface area (Å²) >= 11 is 0. The molecule has 0 amide bonds. The monoisotopic (exact) mass is 378 g/mol. The van der Waals surface area contributed by atoms with Crippen LogP contribution in [-0.2, 0) is 16.0 Å². The van der Waals surface area contributed by atoms with Crippen molar-refractivity contribution in [3.63, 3.8) is 0 Å². The van der Waals surface area contributed by atoms with Crippen LogP contribution in [0.4, 0.5) is 0 Å². The fourth-order valence-electron chi connectivity index (χ4n) is 2.50. The summed E-state index contributed by atoms with van der Waals surface area (Å²) in [4.78, 5) is 13.1. The van der Waals surface area contributed by atoms with Crippen LogP contribution in [-0.4, -0.2) is 70.4 Å². The smallest absolute Gasteiger partial charge is 0.305 e. The van der Waals surface area contributed by atoms with Gasteiger partial charge in [0, 0.05) is 32.5 Å². The lowest BCUT2D eigenvalue weighted by molar-refractivity contribution is -0.140. The summed E-state index contributed by atoms with van der Waals surface area (Å²) in [6.07, 6.45) is 0.748. The first-order chi connectivity index (χ1) is 13.0. The zero-order chi connectivity index (χ0) is 20.1. The van der Waals surface area contributed by atoms with Gasteiger partial charge < -0.3 is 20.4 Å². The first-order valence-electron chi connectivity index (χ1n) is 8.42. The van der Waals surface area contributed by atoms with Gasteiger partial charge in [-0.1, -0.05) is 45.8 Å². The molecule has 0 atom stereocenters. The first kappa shape index (κ1) is 22.1. The Morgan fingerprint density at radius 1 is 0.963 bits per heavy atom. The number of nitrogens with zero attached hydrogens (tertiary/aromatic N) is 4. The topological polar surface area (TPSA) is 127 Å². The van der Waals surface area contributed by atoms with Gasteiger partial charge in [0.1, 0.15) is 0 Å². The third-order valence-electron chi connectivity index (χ3n) is 3.81. The van der Waals surface area contributed by atoms with Gasteiger partial charge in [-0.3, -0.25) is 9.69 Å². The first-order valence-corrected chi connectivity index (χ1v) is 8.42. The van der Waals surface area contributed by atoms with Gasteiger partial charge >= 0.3 is 5.97 Å². The van der Waals surface area contributed by atoms with E-state index >= 15 is 0 Å². The highest BCUT2D eigenvalue weighted by atomic mass is 16.5. The second kappa shape index (κ2) is 12.4. The molecule has 0 radical (unpaired) electrons. The Morgan fingerprint density at radius 2 is 1.59 bits per heavy atom. The molecule has 0 unspecified atom stereocenters. The molecule has 0 saturated heterocycles. The van der Waals surface area contributed by atoms with Crippen molar-refractivity contribution in [1.82, 2.24) is 4.90 Å². The molecule has 9 nitrogen and oxygen atoms in total. The standard InChI is InChI=1S/C18H26N4O5/c1-14(19-24)11-22(12-16(20-25)8-9-18(23)27-2)13-17(21-26)10-15-6-4-3-5-7-15/h3-7,24-26H,8-13H2,1-2H3/b19-14-,20-16-,21-17-. The zero-order valence-corrected chi connectivity index (χ0v) is 15.6. The Bertz CT molecular complexity index is 674. The Kier molecular flexibility index (Phi) is 10.2. The molecule has 1 aromatic carbocycles. The molecule has 0 heterocycles. The Labute approximate surface area is 158 Å². The van der Waals surface area contributed by atoms with Crippen molar-refractivity contribution < 1.29 is 25.2 Å². The van der Waals surface area contributed by atoms with Crippen LogP contribution in [0.2, 0.25) is 0 Å². The van der Waals surface area contributed by atoms with Crippen LogP contribution in [0.3, 0.4) is 0 Å². The van der Waals surface area contributed by atoms with Crippen LogP contribution >= 0.6 is 0 Å². The molecule has 0 aliphatic rings. The summed E-state index contributed by atoms with van der Waals surface area (Å²) in [5, 5.41) is 37.3. The summed E-state index contributed by atoms with van der Waals surface area (Å²) in [6.45, 7) is 2.37. The van der Waals surface area contributed by atoms with Gasteiger partial charge in [-0.15, -0.1) is 0 Å².